The minimum Gasteiger partial charge on any atom is -0.312 e. The molecule has 1 N–H and O–H groups in total. The maximum atomic E-state index is 4.28. The number of aromatic nitrogens is 2. The molecule has 1 saturated carbocycles. The van der Waals surface area contributed by atoms with E-state index in [2.05, 4.69) is 30.5 Å². The Hall–Kier alpha value is -0.830. The van der Waals surface area contributed by atoms with E-state index in [1.807, 2.05) is 10.9 Å². The van der Waals surface area contributed by atoms with Gasteiger partial charge in [-0.25, -0.2) is 0 Å². The van der Waals surface area contributed by atoms with Crippen LogP contribution in [0.15, 0.2) is 12.4 Å². The van der Waals surface area contributed by atoms with Crippen LogP contribution in [-0.2, 0) is 6.54 Å². The van der Waals surface area contributed by atoms with Gasteiger partial charge in [0.25, 0.3) is 0 Å². The normalized spacial score (nSPS) is 18.0. The molecule has 0 amide bonds. The highest BCUT2D eigenvalue weighted by molar-refractivity contribution is 4.99. The standard InChI is InChI=1S/C12H21N3/c1-3-12(11-4-5-11)13-6-7-15-9-10(2)8-14-15/h8-9,11-13H,3-7H2,1-2H3. The Morgan fingerprint density at radius 1 is 1.60 bits per heavy atom. The lowest BCUT2D eigenvalue weighted by molar-refractivity contribution is 0.428. The summed E-state index contributed by atoms with van der Waals surface area (Å²) in [5.41, 5.74) is 1.24. The zero-order valence-electron chi connectivity index (χ0n) is 9.74. The number of hydrogen-bond acceptors (Lipinski definition) is 2. The molecule has 0 aromatic carbocycles. The smallest absolute Gasteiger partial charge is 0.0534 e. The summed E-state index contributed by atoms with van der Waals surface area (Å²) in [5.74, 6) is 0.953. The lowest BCUT2D eigenvalue weighted by Gasteiger charge is -2.15. The molecule has 15 heavy (non-hydrogen) atoms. The molecule has 0 aliphatic heterocycles. The summed E-state index contributed by atoms with van der Waals surface area (Å²) < 4.78 is 2.02. The van der Waals surface area contributed by atoms with Crippen molar-refractivity contribution in [3.8, 4) is 0 Å². The van der Waals surface area contributed by atoms with E-state index in [-0.39, 0.29) is 0 Å². The van der Waals surface area contributed by atoms with Crippen molar-refractivity contribution < 1.29 is 0 Å². The number of rotatable bonds is 6. The summed E-state index contributed by atoms with van der Waals surface area (Å²) in [5, 5.41) is 7.90. The van der Waals surface area contributed by atoms with Crippen LogP contribution in [0.3, 0.4) is 0 Å². The zero-order chi connectivity index (χ0) is 10.7. The van der Waals surface area contributed by atoms with Gasteiger partial charge in [0.2, 0.25) is 0 Å². The maximum Gasteiger partial charge on any atom is 0.0534 e. The molecule has 84 valence electrons. The molecule has 0 saturated heterocycles. The fourth-order valence-electron chi connectivity index (χ4n) is 2.10. The Balaban J connectivity index is 1.69. The minimum atomic E-state index is 0.738. The van der Waals surface area contributed by atoms with Crippen molar-refractivity contribution >= 4 is 0 Å². The molecule has 3 heteroatoms. The summed E-state index contributed by atoms with van der Waals surface area (Å²) in [7, 11) is 0. The average Bonchev–Trinajstić information content (AvgIpc) is 2.98. The second kappa shape index (κ2) is 4.79. The fourth-order valence-corrected chi connectivity index (χ4v) is 2.10. The first-order valence-corrected chi connectivity index (χ1v) is 6.02. The van der Waals surface area contributed by atoms with Crippen molar-refractivity contribution in [2.45, 2.75) is 45.7 Å². The van der Waals surface area contributed by atoms with E-state index in [9.17, 15) is 0 Å². The van der Waals surface area contributed by atoms with Gasteiger partial charge in [-0.15, -0.1) is 0 Å². The lowest BCUT2D eigenvalue weighted by Crippen LogP contribution is -2.33. The molecule has 1 fully saturated rings. The highest BCUT2D eigenvalue weighted by Gasteiger charge is 2.29. The fraction of sp³-hybridized carbons (Fsp3) is 0.750. The molecule has 2 rings (SSSR count). The average molecular weight is 207 g/mol. The molecule has 1 unspecified atom stereocenters. The molecule has 1 heterocycles. The SMILES string of the molecule is CCC(NCCn1cc(C)cn1)C1CC1. The molecular weight excluding hydrogens is 186 g/mol. The number of nitrogens with zero attached hydrogens (tertiary/aromatic N) is 2. The van der Waals surface area contributed by atoms with Crippen LogP contribution >= 0.6 is 0 Å². The summed E-state index contributed by atoms with van der Waals surface area (Å²) in [4.78, 5) is 0. The summed E-state index contributed by atoms with van der Waals surface area (Å²) >= 11 is 0. The van der Waals surface area contributed by atoms with Gasteiger partial charge < -0.3 is 5.32 Å². The summed E-state index contributed by atoms with van der Waals surface area (Å²) in [6.07, 6.45) is 8.11. The van der Waals surface area contributed by atoms with Gasteiger partial charge in [-0.05, 0) is 37.7 Å². The number of aryl methyl sites for hydroxylation is 1. The van der Waals surface area contributed by atoms with Crippen LogP contribution in [-0.4, -0.2) is 22.4 Å². The molecule has 1 atom stereocenters. The maximum absolute atomic E-state index is 4.28. The zero-order valence-corrected chi connectivity index (χ0v) is 9.74. The predicted octanol–water partition coefficient (Wildman–Crippen LogP) is 1.97. The Labute approximate surface area is 91.9 Å². The molecule has 0 radical (unpaired) electrons. The molecule has 1 aromatic rings. The third-order valence-electron chi connectivity index (χ3n) is 3.14. The Bertz CT molecular complexity index is 302. The van der Waals surface area contributed by atoms with Crippen LogP contribution in [0, 0.1) is 12.8 Å². The summed E-state index contributed by atoms with van der Waals surface area (Å²) in [6, 6.07) is 0.738. The van der Waals surface area contributed by atoms with Gasteiger partial charge in [0.1, 0.15) is 0 Å². The van der Waals surface area contributed by atoms with Gasteiger partial charge >= 0.3 is 0 Å². The number of nitrogens with one attached hydrogen (secondary N) is 1. The Kier molecular flexibility index (Phi) is 3.41. The van der Waals surface area contributed by atoms with E-state index < -0.39 is 0 Å². The molecule has 3 nitrogen and oxygen atoms in total. The van der Waals surface area contributed by atoms with Crippen LogP contribution in [0.5, 0.6) is 0 Å². The van der Waals surface area contributed by atoms with Crippen molar-refractivity contribution in [3.05, 3.63) is 18.0 Å². The van der Waals surface area contributed by atoms with E-state index >= 15 is 0 Å². The Morgan fingerprint density at radius 2 is 2.40 bits per heavy atom. The van der Waals surface area contributed by atoms with Gasteiger partial charge in [0, 0.05) is 18.8 Å². The highest BCUT2D eigenvalue weighted by Crippen LogP contribution is 2.33. The van der Waals surface area contributed by atoms with E-state index in [4.69, 9.17) is 0 Å². The van der Waals surface area contributed by atoms with Gasteiger partial charge in [-0.2, -0.15) is 5.10 Å². The van der Waals surface area contributed by atoms with Crippen LogP contribution in [0.2, 0.25) is 0 Å². The van der Waals surface area contributed by atoms with Gasteiger partial charge in [-0.1, -0.05) is 6.92 Å². The molecule has 0 spiro atoms. The van der Waals surface area contributed by atoms with Crippen molar-refractivity contribution in [1.82, 2.24) is 15.1 Å². The van der Waals surface area contributed by atoms with Gasteiger partial charge in [0.15, 0.2) is 0 Å². The third kappa shape index (κ3) is 3.06. The van der Waals surface area contributed by atoms with Crippen LogP contribution < -0.4 is 5.32 Å². The van der Waals surface area contributed by atoms with E-state index in [0.717, 1.165) is 25.0 Å². The topological polar surface area (TPSA) is 29.9 Å². The van der Waals surface area contributed by atoms with Crippen molar-refractivity contribution in [3.63, 3.8) is 0 Å². The highest BCUT2D eigenvalue weighted by atomic mass is 15.3. The van der Waals surface area contributed by atoms with Crippen LogP contribution in [0.1, 0.15) is 31.7 Å². The third-order valence-corrected chi connectivity index (χ3v) is 3.14. The largest absolute Gasteiger partial charge is 0.312 e. The van der Waals surface area contributed by atoms with Gasteiger partial charge in [0.05, 0.1) is 12.7 Å². The van der Waals surface area contributed by atoms with Crippen molar-refractivity contribution in [2.24, 2.45) is 5.92 Å². The second-order valence-electron chi connectivity index (χ2n) is 4.59. The summed E-state index contributed by atoms with van der Waals surface area (Å²) in [6.45, 7) is 6.37. The predicted molar refractivity (Wildman–Crippen MR) is 61.8 cm³/mol. The monoisotopic (exact) mass is 207 g/mol. The molecular formula is C12H21N3. The van der Waals surface area contributed by atoms with Crippen LogP contribution in [0.4, 0.5) is 0 Å². The first-order valence-electron chi connectivity index (χ1n) is 6.02. The van der Waals surface area contributed by atoms with E-state index in [0.29, 0.717) is 0 Å². The van der Waals surface area contributed by atoms with E-state index in [1.165, 1.54) is 24.8 Å². The first-order chi connectivity index (χ1) is 7.29. The van der Waals surface area contributed by atoms with Crippen molar-refractivity contribution in [2.75, 3.05) is 6.54 Å². The Morgan fingerprint density at radius 3 is 2.93 bits per heavy atom. The number of hydrogen-bond donors (Lipinski definition) is 1. The molecule has 1 aliphatic rings. The molecule has 0 bridgehead atoms. The van der Waals surface area contributed by atoms with E-state index in [1.54, 1.807) is 0 Å². The van der Waals surface area contributed by atoms with Crippen LogP contribution in [0.25, 0.3) is 0 Å². The minimum absolute atomic E-state index is 0.738. The van der Waals surface area contributed by atoms with Crippen molar-refractivity contribution in [1.29, 1.82) is 0 Å². The first kappa shape index (κ1) is 10.7. The lowest BCUT2D eigenvalue weighted by atomic mass is 10.1. The van der Waals surface area contributed by atoms with Gasteiger partial charge in [-0.3, -0.25) is 4.68 Å². The second-order valence-corrected chi connectivity index (χ2v) is 4.59. The molecule has 1 aromatic heterocycles. The molecule has 1 aliphatic carbocycles. The quantitative estimate of drug-likeness (QED) is 0.773.